The largest absolute Gasteiger partial charge is 0.491 e. The van der Waals surface area contributed by atoms with E-state index in [-0.39, 0.29) is 32.0 Å². The van der Waals surface area contributed by atoms with Gasteiger partial charge in [-0.05, 0) is 57.5 Å². The minimum Gasteiger partial charge on any atom is -0.491 e. The first-order valence-electron chi connectivity index (χ1n) is 11.8. The van der Waals surface area contributed by atoms with Crippen LogP contribution in [0.5, 0.6) is 5.75 Å². The lowest BCUT2D eigenvalue weighted by molar-refractivity contribution is -0.145. The summed E-state index contributed by atoms with van der Waals surface area (Å²) < 4.78 is 21.5. The van der Waals surface area contributed by atoms with Gasteiger partial charge in [0.2, 0.25) is 0 Å². The third kappa shape index (κ3) is 11.3. The number of nitrogens with zero attached hydrogens (tertiary/aromatic N) is 1. The van der Waals surface area contributed by atoms with E-state index < -0.39 is 29.7 Å². The van der Waals surface area contributed by atoms with Crippen LogP contribution in [-0.4, -0.2) is 42.9 Å². The van der Waals surface area contributed by atoms with Crippen LogP contribution in [-0.2, 0) is 30.4 Å². The van der Waals surface area contributed by atoms with Gasteiger partial charge in [0, 0.05) is 11.6 Å². The van der Waals surface area contributed by atoms with E-state index in [1.165, 1.54) is 18.2 Å². The van der Waals surface area contributed by atoms with Crippen LogP contribution in [0.4, 0.5) is 4.79 Å². The fraction of sp³-hybridized carbons (Fsp3) is 0.357. The smallest absolute Gasteiger partial charge is 0.408 e. The lowest BCUT2D eigenvalue weighted by Gasteiger charge is -2.23. The molecule has 9 nitrogen and oxygen atoms in total. The summed E-state index contributed by atoms with van der Waals surface area (Å²) in [6.07, 6.45) is 1.84. The summed E-state index contributed by atoms with van der Waals surface area (Å²) in [6, 6.07) is 15.1. The number of nitriles is 1. The first-order valence-corrected chi connectivity index (χ1v) is 11.8. The zero-order chi connectivity index (χ0) is 27.3. The number of carbonyl (C=O) groups is 3. The fourth-order valence-electron chi connectivity index (χ4n) is 3.03. The zero-order valence-corrected chi connectivity index (χ0v) is 21.5. The second kappa shape index (κ2) is 14.3. The predicted octanol–water partition coefficient (Wildman–Crippen LogP) is 4.54. The van der Waals surface area contributed by atoms with Crippen molar-refractivity contribution < 1.29 is 33.3 Å². The Hall–Kier alpha value is -4.32. The van der Waals surface area contributed by atoms with E-state index in [2.05, 4.69) is 5.32 Å². The molecule has 0 aliphatic carbocycles. The monoisotopic (exact) mass is 508 g/mol. The van der Waals surface area contributed by atoms with Gasteiger partial charge in [-0.3, -0.25) is 4.79 Å². The van der Waals surface area contributed by atoms with E-state index >= 15 is 0 Å². The zero-order valence-electron chi connectivity index (χ0n) is 21.5. The van der Waals surface area contributed by atoms with Crippen molar-refractivity contribution in [3.8, 4) is 11.8 Å². The first-order chi connectivity index (χ1) is 17.6. The van der Waals surface area contributed by atoms with Crippen molar-refractivity contribution in [1.29, 1.82) is 5.26 Å². The van der Waals surface area contributed by atoms with E-state index in [4.69, 9.17) is 18.9 Å². The Bertz CT molecular complexity index is 1130. The number of ether oxygens (including phenoxy) is 4. The molecule has 1 N–H and O–H groups in total. The number of amides is 1. The van der Waals surface area contributed by atoms with Crippen LogP contribution in [0.2, 0.25) is 0 Å². The predicted molar refractivity (Wildman–Crippen MR) is 136 cm³/mol. The Labute approximate surface area is 217 Å². The summed E-state index contributed by atoms with van der Waals surface area (Å²) in [4.78, 5) is 36.7. The second-order valence-electron chi connectivity index (χ2n) is 8.95. The normalized spacial score (nSPS) is 11.8. The molecule has 0 aromatic heterocycles. The van der Waals surface area contributed by atoms with E-state index in [0.717, 1.165) is 5.56 Å². The van der Waals surface area contributed by atoms with Crippen molar-refractivity contribution in [2.45, 2.75) is 52.4 Å². The number of benzene rings is 2. The standard InChI is InChI=1S/C28H32N2O7/c1-5-34-25(31)14-13-22-12-11-21(17-29)15-24(22)35-19-23(30-27(33)37-28(2,3)4)16-26(32)36-18-20-9-7-6-8-10-20/h6-15,23H,5,16,18-19H2,1-4H3,(H,30,33)/b14-13+/t23-/m1/s1. The first kappa shape index (κ1) is 28.9. The maximum absolute atomic E-state index is 12.5. The topological polar surface area (TPSA) is 124 Å². The molecular weight excluding hydrogens is 476 g/mol. The van der Waals surface area contributed by atoms with Crippen molar-refractivity contribution in [2.24, 2.45) is 0 Å². The molecule has 9 heteroatoms. The molecule has 37 heavy (non-hydrogen) atoms. The van der Waals surface area contributed by atoms with Crippen LogP contribution in [0.1, 0.15) is 50.8 Å². The molecule has 0 unspecified atom stereocenters. The summed E-state index contributed by atoms with van der Waals surface area (Å²) >= 11 is 0. The molecule has 0 saturated carbocycles. The number of carbonyl (C=O) groups excluding carboxylic acids is 3. The molecule has 0 heterocycles. The maximum Gasteiger partial charge on any atom is 0.408 e. The van der Waals surface area contributed by atoms with Crippen molar-refractivity contribution in [2.75, 3.05) is 13.2 Å². The summed E-state index contributed by atoms with van der Waals surface area (Å²) in [6.45, 7) is 7.07. The minimum absolute atomic E-state index is 0.0900. The molecule has 0 aliphatic rings. The van der Waals surface area contributed by atoms with Gasteiger partial charge in [0.15, 0.2) is 0 Å². The average Bonchev–Trinajstić information content (AvgIpc) is 2.84. The molecule has 2 aromatic carbocycles. The Morgan fingerprint density at radius 2 is 1.81 bits per heavy atom. The molecule has 0 bridgehead atoms. The Morgan fingerprint density at radius 1 is 1.08 bits per heavy atom. The van der Waals surface area contributed by atoms with Gasteiger partial charge in [0.25, 0.3) is 0 Å². The van der Waals surface area contributed by atoms with Crippen molar-refractivity contribution >= 4 is 24.1 Å². The van der Waals surface area contributed by atoms with E-state index in [0.29, 0.717) is 11.1 Å². The highest BCUT2D eigenvalue weighted by Crippen LogP contribution is 2.23. The average molecular weight is 509 g/mol. The van der Waals surface area contributed by atoms with Crippen molar-refractivity contribution in [3.05, 3.63) is 71.3 Å². The molecule has 0 fully saturated rings. The number of nitrogens with one attached hydrogen (secondary N) is 1. The molecule has 0 spiro atoms. The van der Waals surface area contributed by atoms with Gasteiger partial charge in [-0.1, -0.05) is 30.3 Å². The molecule has 1 amide bonds. The number of alkyl carbamates (subject to hydrolysis) is 1. The summed E-state index contributed by atoms with van der Waals surface area (Å²) in [5.74, 6) is -0.779. The Morgan fingerprint density at radius 3 is 2.46 bits per heavy atom. The van der Waals surface area contributed by atoms with E-state index in [1.54, 1.807) is 39.8 Å². The SMILES string of the molecule is CCOC(=O)/C=C/c1ccc(C#N)cc1OC[C@@H](CC(=O)OCc1ccccc1)NC(=O)OC(C)(C)C. The second-order valence-corrected chi connectivity index (χ2v) is 8.95. The lowest BCUT2D eigenvalue weighted by Crippen LogP contribution is -2.43. The van der Waals surface area contributed by atoms with Crippen molar-refractivity contribution in [1.82, 2.24) is 5.32 Å². The minimum atomic E-state index is -0.800. The molecular formula is C28H32N2O7. The highest BCUT2D eigenvalue weighted by atomic mass is 16.6. The fourth-order valence-corrected chi connectivity index (χ4v) is 3.03. The number of hydrogen-bond acceptors (Lipinski definition) is 8. The van der Waals surface area contributed by atoms with Crippen LogP contribution in [0.25, 0.3) is 6.08 Å². The van der Waals surface area contributed by atoms with Gasteiger partial charge in [-0.25, -0.2) is 9.59 Å². The Kier molecular flexibility index (Phi) is 11.2. The van der Waals surface area contributed by atoms with Gasteiger partial charge < -0.3 is 24.3 Å². The molecule has 0 saturated heterocycles. The number of rotatable bonds is 11. The van der Waals surface area contributed by atoms with Crippen LogP contribution >= 0.6 is 0 Å². The molecule has 0 radical (unpaired) electrons. The van der Waals surface area contributed by atoms with Gasteiger partial charge in [0.1, 0.15) is 24.6 Å². The maximum atomic E-state index is 12.5. The number of esters is 2. The summed E-state index contributed by atoms with van der Waals surface area (Å²) in [7, 11) is 0. The highest BCUT2D eigenvalue weighted by Gasteiger charge is 2.23. The van der Waals surface area contributed by atoms with Gasteiger partial charge in [-0.15, -0.1) is 0 Å². The quantitative estimate of drug-likeness (QED) is 0.267. The summed E-state index contributed by atoms with van der Waals surface area (Å²) in [5.41, 5.74) is 0.933. The molecule has 2 rings (SSSR count). The molecule has 1 atom stereocenters. The van der Waals surface area contributed by atoms with E-state index in [9.17, 15) is 19.6 Å². The van der Waals surface area contributed by atoms with Gasteiger partial charge in [0.05, 0.1) is 30.7 Å². The highest BCUT2D eigenvalue weighted by molar-refractivity contribution is 5.87. The lowest BCUT2D eigenvalue weighted by atomic mass is 10.1. The molecule has 0 aliphatic heterocycles. The van der Waals surface area contributed by atoms with Crippen LogP contribution in [0.15, 0.2) is 54.6 Å². The van der Waals surface area contributed by atoms with Crippen LogP contribution in [0, 0.1) is 11.3 Å². The van der Waals surface area contributed by atoms with Crippen molar-refractivity contribution in [3.63, 3.8) is 0 Å². The van der Waals surface area contributed by atoms with Crippen LogP contribution < -0.4 is 10.1 Å². The van der Waals surface area contributed by atoms with Crippen LogP contribution in [0.3, 0.4) is 0 Å². The summed E-state index contributed by atoms with van der Waals surface area (Å²) in [5, 5.41) is 11.9. The van der Waals surface area contributed by atoms with Gasteiger partial charge in [-0.2, -0.15) is 5.26 Å². The Balaban J connectivity index is 2.15. The number of hydrogen-bond donors (Lipinski definition) is 1. The van der Waals surface area contributed by atoms with Gasteiger partial charge >= 0.3 is 18.0 Å². The van der Waals surface area contributed by atoms with E-state index in [1.807, 2.05) is 36.4 Å². The third-order valence-corrected chi connectivity index (χ3v) is 4.64. The third-order valence-electron chi connectivity index (χ3n) is 4.64. The molecule has 196 valence electrons. The molecule has 2 aromatic rings.